The highest BCUT2D eigenvalue weighted by molar-refractivity contribution is 6.31. The monoisotopic (exact) mass is 336 g/mol. The number of carbonyl (C=O) groups is 4. The summed E-state index contributed by atoms with van der Waals surface area (Å²) < 4.78 is 4.78. The van der Waals surface area contributed by atoms with Crippen LogP contribution < -0.4 is 5.32 Å². The molecule has 0 aromatic heterocycles. The number of nitrogens with one attached hydrogen (secondary N) is 1. The van der Waals surface area contributed by atoms with Crippen molar-refractivity contribution in [3.05, 3.63) is 35.9 Å². The lowest BCUT2D eigenvalue weighted by Gasteiger charge is -2.40. The highest BCUT2D eigenvalue weighted by Gasteiger charge is 2.52. The van der Waals surface area contributed by atoms with Crippen molar-refractivity contribution < 1.29 is 33.9 Å². The number of benzene rings is 1. The van der Waals surface area contributed by atoms with Crippen LogP contribution in [0.25, 0.3) is 0 Å². The number of aliphatic carboxylic acids is 1. The summed E-state index contributed by atoms with van der Waals surface area (Å²) in [4.78, 5) is 51.6. The molecule has 2 rings (SSSR count). The molecule has 2 N–H and O–H groups in total. The number of carboxylic acids is 1. The summed E-state index contributed by atoms with van der Waals surface area (Å²) in [5.74, 6) is -4.71. The third-order valence-electron chi connectivity index (χ3n) is 3.27. The van der Waals surface area contributed by atoms with Crippen molar-refractivity contribution >= 4 is 23.8 Å². The van der Waals surface area contributed by atoms with Gasteiger partial charge in [-0.25, -0.2) is 9.59 Å². The van der Waals surface area contributed by atoms with E-state index in [2.05, 4.69) is 5.32 Å². The van der Waals surface area contributed by atoms with Gasteiger partial charge in [0.25, 0.3) is 0 Å². The summed E-state index contributed by atoms with van der Waals surface area (Å²) in [6.45, 7) is 1.52. The van der Waals surface area contributed by atoms with Crippen molar-refractivity contribution in [3.8, 4) is 0 Å². The molecule has 0 radical (unpaired) electrons. The molecule has 9 nitrogen and oxygen atoms in total. The van der Waals surface area contributed by atoms with Gasteiger partial charge >= 0.3 is 17.8 Å². The van der Waals surface area contributed by atoms with Gasteiger partial charge in [0.2, 0.25) is 5.91 Å². The zero-order chi connectivity index (χ0) is 17.7. The van der Waals surface area contributed by atoms with Gasteiger partial charge in [0.15, 0.2) is 12.1 Å². The first-order valence-corrected chi connectivity index (χ1v) is 7.16. The van der Waals surface area contributed by atoms with Gasteiger partial charge in [0.05, 0.1) is 6.61 Å². The van der Waals surface area contributed by atoms with E-state index in [4.69, 9.17) is 14.7 Å². The summed E-state index contributed by atoms with van der Waals surface area (Å²) in [6, 6.07) is 6.09. The number of ether oxygens (including phenoxy) is 1. The summed E-state index contributed by atoms with van der Waals surface area (Å²) in [7, 11) is 0. The van der Waals surface area contributed by atoms with E-state index in [0.29, 0.717) is 10.6 Å². The molecule has 1 aromatic carbocycles. The number of hydroxylamine groups is 2. The molecule has 1 fully saturated rings. The molecule has 24 heavy (non-hydrogen) atoms. The topological polar surface area (TPSA) is 122 Å². The fourth-order valence-corrected chi connectivity index (χ4v) is 2.11. The summed E-state index contributed by atoms with van der Waals surface area (Å²) in [5.41, 5.74) is 0.660. The lowest BCUT2D eigenvalue weighted by Crippen LogP contribution is -2.73. The van der Waals surface area contributed by atoms with E-state index in [1.165, 1.54) is 0 Å². The Labute approximate surface area is 137 Å². The Morgan fingerprint density at radius 3 is 2.46 bits per heavy atom. The minimum absolute atomic E-state index is 0.0790. The number of amides is 2. The van der Waals surface area contributed by atoms with Crippen molar-refractivity contribution in [2.75, 3.05) is 6.61 Å². The van der Waals surface area contributed by atoms with E-state index in [0.717, 1.165) is 0 Å². The van der Waals surface area contributed by atoms with Gasteiger partial charge in [-0.3, -0.25) is 14.4 Å². The molecular formula is C15H16N2O7. The van der Waals surface area contributed by atoms with Crippen molar-refractivity contribution in [2.24, 2.45) is 0 Å². The highest BCUT2D eigenvalue weighted by atomic mass is 16.7. The molecule has 1 aliphatic rings. The fourth-order valence-electron chi connectivity index (χ4n) is 2.11. The SMILES string of the molecule is CCOC(=O)[C@H]1NC(=O)[C@H]1N(OCc1ccccc1)C(=O)C(=O)O. The van der Waals surface area contributed by atoms with E-state index in [1.807, 2.05) is 0 Å². The van der Waals surface area contributed by atoms with Crippen molar-refractivity contribution in [3.63, 3.8) is 0 Å². The maximum absolute atomic E-state index is 11.8. The first-order valence-electron chi connectivity index (χ1n) is 7.16. The Morgan fingerprint density at radius 1 is 1.25 bits per heavy atom. The average Bonchev–Trinajstić information content (AvgIpc) is 2.56. The third kappa shape index (κ3) is 3.69. The molecule has 0 spiro atoms. The molecule has 1 aromatic rings. The summed E-state index contributed by atoms with van der Waals surface area (Å²) in [6.07, 6.45) is 0. The van der Waals surface area contributed by atoms with E-state index < -0.39 is 35.8 Å². The standard InChI is InChI=1S/C15H16N2O7/c1-2-23-15(22)10-11(12(18)16-10)17(13(19)14(20)21)24-8-9-6-4-3-5-7-9/h3-7,10-11H,2,8H2,1H3,(H,16,18)(H,20,21)/t10-,11-/m0/s1. The highest BCUT2D eigenvalue weighted by Crippen LogP contribution is 2.18. The van der Waals surface area contributed by atoms with Crippen LogP contribution in [0.1, 0.15) is 12.5 Å². The van der Waals surface area contributed by atoms with Gasteiger partial charge in [0, 0.05) is 0 Å². The average molecular weight is 336 g/mol. The molecule has 0 bridgehead atoms. The van der Waals surface area contributed by atoms with Gasteiger partial charge in [-0.2, -0.15) is 5.06 Å². The third-order valence-corrected chi connectivity index (χ3v) is 3.27. The second-order valence-corrected chi connectivity index (χ2v) is 4.88. The molecular weight excluding hydrogens is 320 g/mol. The molecule has 0 unspecified atom stereocenters. The fraction of sp³-hybridized carbons (Fsp3) is 0.333. The van der Waals surface area contributed by atoms with Gasteiger partial charge in [-0.1, -0.05) is 30.3 Å². The Bertz CT molecular complexity index is 646. The van der Waals surface area contributed by atoms with Crippen molar-refractivity contribution in [2.45, 2.75) is 25.6 Å². The molecule has 9 heteroatoms. The molecule has 2 amide bonds. The molecule has 2 atom stereocenters. The van der Waals surface area contributed by atoms with Gasteiger partial charge in [-0.15, -0.1) is 0 Å². The number of hydrogen-bond acceptors (Lipinski definition) is 6. The normalized spacial score (nSPS) is 19.0. The number of esters is 1. The molecule has 1 heterocycles. The second-order valence-electron chi connectivity index (χ2n) is 4.88. The Kier molecular flexibility index (Phi) is 5.48. The molecule has 128 valence electrons. The summed E-state index contributed by atoms with van der Waals surface area (Å²) in [5, 5.41) is 11.6. The van der Waals surface area contributed by atoms with Crippen molar-refractivity contribution in [1.82, 2.24) is 10.4 Å². The maximum Gasteiger partial charge on any atom is 0.396 e. The van der Waals surface area contributed by atoms with Gasteiger partial charge in [0.1, 0.15) is 6.61 Å². The van der Waals surface area contributed by atoms with Crippen LogP contribution in [0.5, 0.6) is 0 Å². The van der Waals surface area contributed by atoms with Crippen LogP contribution in [0.2, 0.25) is 0 Å². The smallest absolute Gasteiger partial charge is 0.396 e. The van der Waals surface area contributed by atoms with Crippen LogP contribution in [-0.2, 0) is 35.4 Å². The van der Waals surface area contributed by atoms with Crippen LogP contribution in [-0.4, -0.2) is 52.6 Å². The molecule has 1 aliphatic heterocycles. The first kappa shape index (κ1) is 17.4. The Morgan fingerprint density at radius 2 is 1.92 bits per heavy atom. The van der Waals surface area contributed by atoms with E-state index in [1.54, 1.807) is 37.3 Å². The maximum atomic E-state index is 11.8. The molecule has 1 saturated heterocycles. The number of β-lactam (4-membered cyclic amide) rings is 1. The van der Waals surface area contributed by atoms with Crippen LogP contribution in [0.15, 0.2) is 30.3 Å². The number of rotatable bonds is 6. The summed E-state index contributed by atoms with van der Waals surface area (Å²) >= 11 is 0. The van der Waals surface area contributed by atoms with Gasteiger partial charge in [-0.05, 0) is 12.5 Å². The lowest BCUT2D eigenvalue weighted by atomic mass is 9.98. The predicted octanol–water partition coefficient (Wildman–Crippen LogP) is -0.538. The number of nitrogens with zero attached hydrogens (tertiary/aromatic N) is 1. The number of carboxylic acid groups (broad SMARTS) is 1. The predicted molar refractivity (Wildman–Crippen MR) is 78.1 cm³/mol. The lowest BCUT2D eigenvalue weighted by molar-refractivity contribution is -0.222. The van der Waals surface area contributed by atoms with Crippen LogP contribution in [0, 0.1) is 0 Å². The van der Waals surface area contributed by atoms with Crippen LogP contribution in [0.3, 0.4) is 0 Å². The van der Waals surface area contributed by atoms with Gasteiger partial charge < -0.3 is 15.2 Å². The van der Waals surface area contributed by atoms with E-state index in [9.17, 15) is 19.2 Å². The molecule has 0 saturated carbocycles. The number of carbonyl (C=O) groups excluding carboxylic acids is 3. The minimum Gasteiger partial charge on any atom is -0.474 e. The number of hydrogen-bond donors (Lipinski definition) is 2. The Hall–Kier alpha value is -2.94. The zero-order valence-corrected chi connectivity index (χ0v) is 12.8. The van der Waals surface area contributed by atoms with E-state index >= 15 is 0 Å². The quantitative estimate of drug-likeness (QED) is 0.310. The van der Waals surface area contributed by atoms with Crippen molar-refractivity contribution in [1.29, 1.82) is 0 Å². The van der Waals surface area contributed by atoms with E-state index in [-0.39, 0.29) is 13.2 Å². The minimum atomic E-state index is -1.80. The first-order chi connectivity index (χ1) is 11.5. The zero-order valence-electron chi connectivity index (χ0n) is 12.8. The molecule has 0 aliphatic carbocycles. The van der Waals surface area contributed by atoms with Crippen LogP contribution >= 0.6 is 0 Å². The second kappa shape index (κ2) is 7.55. The Balaban J connectivity index is 2.15. The largest absolute Gasteiger partial charge is 0.474 e. The van der Waals surface area contributed by atoms with Crippen LogP contribution in [0.4, 0.5) is 0 Å².